The number of fused-ring (bicyclic) bond motifs is 1. The van der Waals surface area contributed by atoms with Crippen molar-refractivity contribution in [3.05, 3.63) is 54.3 Å². The first kappa shape index (κ1) is 16.7. The summed E-state index contributed by atoms with van der Waals surface area (Å²) in [6, 6.07) is 12.1. The Hall–Kier alpha value is -2.12. The van der Waals surface area contributed by atoms with E-state index in [0.29, 0.717) is 11.5 Å². The van der Waals surface area contributed by atoms with Crippen LogP contribution in [0.5, 0.6) is 11.5 Å². The zero-order valence-corrected chi connectivity index (χ0v) is 14.0. The Morgan fingerprint density at radius 2 is 1.79 bits per heavy atom. The average Bonchev–Trinajstić information content (AvgIpc) is 2.59. The first-order valence-electron chi connectivity index (χ1n) is 7.65. The minimum atomic E-state index is -3.71. The summed E-state index contributed by atoms with van der Waals surface area (Å²) in [7, 11) is -3.71. The minimum absolute atomic E-state index is 0.0582. The maximum absolute atomic E-state index is 13.0. The first-order chi connectivity index (χ1) is 11.5. The van der Waals surface area contributed by atoms with Crippen molar-refractivity contribution in [1.82, 2.24) is 4.31 Å². The van der Waals surface area contributed by atoms with Crippen LogP contribution >= 0.6 is 0 Å². The number of hydrogen-bond acceptors (Lipinski definition) is 4. The van der Waals surface area contributed by atoms with Gasteiger partial charge in [0.05, 0.1) is 11.4 Å². The molecule has 0 saturated carbocycles. The minimum Gasteiger partial charge on any atom is -0.486 e. The van der Waals surface area contributed by atoms with Crippen LogP contribution in [0.4, 0.5) is 4.39 Å². The van der Waals surface area contributed by atoms with Crippen LogP contribution in [0, 0.1) is 5.82 Å². The fourth-order valence-corrected chi connectivity index (χ4v) is 4.01. The number of likely N-dealkylation sites (N-methyl/N-ethyl adjacent to an activating group) is 1. The Morgan fingerprint density at radius 1 is 1.12 bits per heavy atom. The molecule has 0 fully saturated rings. The highest BCUT2D eigenvalue weighted by Gasteiger charge is 2.29. The van der Waals surface area contributed by atoms with Gasteiger partial charge in [-0.3, -0.25) is 0 Å². The molecule has 0 N–H and O–H groups in total. The van der Waals surface area contributed by atoms with Crippen molar-refractivity contribution in [3.63, 3.8) is 0 Å². The van der Waals surface area contributed by atoms with Crippen LogP contribution in [-0.4, -0.2) is 38.5 Å². The third kappa shape index (κ3) is 3.37. The van der Waals surface area contributed by atoms with Gasteiger partial charge in [-0.1, -0.05) is 19.1 Å². The predicted molar refractivity (Wildman–Crippen MR) is 87.2 cm³/mol. The lowest BCUT2D eigenvalue weighted by molar-refractivity contribution is 0.0771. The topological polar surface area (TPSA) is 55.8 Å². The van der Waals surface area contributed by atoms with Crippen molar-refractivity contribution >= 4 is 10.0 Å². The summed E-state index contributed by atoms with van der Waals surface area (Å²) in [5, 5.41) is 0. The summed E-state index contributed by atoms with van der Waals surface area (Å²) in [5.41, 5.74) is 0. The predicted octanol–water partition coefficient (Wildman–Crippen LogP) is 2.68. The smallest absolute Gasteiger partial charge is 0.243 e. The largest absolute Gasteiger partial charge is 0.486 e. The quantitative estimate of drug-likeness (QED) is 0.831. The molecule has 0 spiro atoms. The molecule has 0 amide bonds. The second-order valence-corrected chi connectivity index (χ2v) is 7.35. The second-order valence-electron chi connectivity index (χ2n) is 5.41. The molecule has 128 valence electrons. The number of hydrogen-bond donors (Lipinski definition) is 0. The fourth-order valence-electron chi connectivity index (χ4n) is 2.53. The lowest BCUT2D eigenvalue weighted by Crippen LogP contribution is -2.43. The van der Waals surface area contributed by atoms with Crippen LogP contribution in [0.3, 0.4) is 0 Å². The van der Waals surface area contributed by atoms with E-state index >= 15 is 0 Å². The van der Waals surface area contributed by atoms with Crippen molar-refractivity contribution in [3.8, 4) is 11.5 Å². The molecule has 0 aliphatic carbocycles. The molecule has 24 heavy (non-hydrogen) atoms. The van der Waals surface area contributed by atoms with Crippen molar-refractivity contribution in [2.24, 2.45) is 0 Å². The van der Waals surface area contributed by atoms with E-state index in [1.807, 2.05) is 12.1 Å². The van der Waals surface area contributed by atoms with Gasteiger partial charge in [0, 0.05) is 6.54 Å². The molecule has 5 nitrogen and oxygen atoms in total. The van der Waals surface area contributed by atoms with Crippen molar-refractivity contribution in [1.29, 1.82) is 0 Å². The zero-order valence-electron chi connectivity index (χ0n) is 13.2. The molecule has 0 saturated heterocycles. The molecule has 7 heteroatoms. The number of ether oxygens (including phenoxy) is 2. The second kappa shape index (κ2) is 6.78. The molecular formula is C17H18FNO4S. The molecule has 0 aromatic heterocycles. The monoisotopic (exact) mass is 351 g/mol. The number of para-hydroxylation sites is 2. The maximum Gasteiger partial charge on any atom is 0.243 e. The van der Waals surface area contributed by atoms with Gasteiger partial charge in [0.1, 0.15) is 18.5 Å². The summed E-state index contributed by atoms with van der Waals surface area (Å²) in [6.07, 6.45) is -0.407. The number of halogens is 1. The van der Waals surface area contributed by atoms with Crippen LogP contribution in [0.2, 0.25) is 0 Å². The summed E-state index contributed by atoms with van der Waals surface area (Å²) in [5.74, 6) is 0.778. The Labute approximate surface area is 140 Å². The van der Waals surface area contributed by atoms with E-state index in [9.17, 15) is 12.8 Å². The molecule has 0 radical (unpaired) electrons. The molecule has 1 heterocycles. The Kier molecular flexibility index (Phi) is 4.73. The normalized spacial score (nSPS) is 17.0. The van der Waals surface area contributed by atoms with Gasteiger partial charge in [0.25, 0.3) is 0 Å². The van der Waals surface area contributed by atoms with E-state index in [-0.39, 0.29) is 24.6 Å². The molecule has 0 unspecified atom stereocenters. The van der Waals surface area contributed by atoms with Gasteiger partial charge in [-0.2, -0.15) is 4.31 Å². The van der Waals surface area contributed by atoms with Crippen molar-refractivity contribution < 1.29 is 22.3 Å². The van der Waals surface area contributed by atoms with Crippen LogP contribution < -0.4 is 9.47 Å². The molecule has 3 rings (SSSR count). The molecular weight excluding hydrogens is 333 g/mol. The highest BCUT2D eigenvalue weighted by atomic mass is 32.2. The van der Waals surface area contributed by atoms with E-state index in [2.05, 4.69) is 0 Å². The molecule has 1 atom stereocenters. The van der Waals surface area contributed by atoms with Gasteiger partial charge in [0.15, 0.2) is 11.5 Å². The van der Waals surface area contributed by atoms with Gasteiger partial charge in [-0.15, -0.1) is 0 Å². The van der Waals surface area contributed by atoms with E-state index in [0.717, 1.165) is 12.1 Å². The average molecular weight is 351 g/mol. The van der Waals surface area contributed by atoms with Gasteiger partial charge in [0.2, 0.25) is 10.0 Å². The van der Waals surface area contributed by atoms with E-state index in [4.69, 9.17) is 9.47 Å². The number of sulfonamides is 1. The third-order valence-electron chi connectivity index (χ3n) is 3.78. The van der Waals surface area contributed by atoms with Gasteiger partial charge in [-0.05, 0) is 36.4 Å². The lowest BCUT2D eigenvalue weighted by atomic mass is 10.2. The van der Waals surface area contributed by atoms with Crippen LogP contribution in [0.1, 0.15) is 6.92 Å². The molecule has 1 aliphatic heterocycles. The highest BCUT2D eigenvalue weighted by molar-refractivity contribution is 7.89. The third-order valence-corrected chi connectivity index (χ3v) is 5.73. The zero-order chi connectivity index (χ0) is 17.2. The summed E-state index contributed by atoms with van der Waals surface area (Å²) in [6.45, 7) is 2.46. The van der Waals surface area contributed by atoms with E-state index < -0.39 is 21.9 Å². The van der Waals surface area contributed by atoms with E-state index in [1.54, 1.807) is 19.1 Å². The highest BCUT2D eigenvalue weighted by Crippen LogP contribution is 2.31. The van der Waals surface area contributed by atoms with Crippen LogP contribution in [0.25, 0.3) is 0 Å². The fraction of sp³-hybridized carbons (Fsp3) is 0.294. The van der Waals surface area contributed by atoms with Crippen LogP contribution in [-0.2, 0) is 10.0 Å². The Bertz CT molecular complexity index is 808. The number of benzene rings is 2. The maximum atomic E-state index is 13.0. The lowest BCUT2D eigenvalue weighted by Gasteiger charge is -2.30. The molecule has 2 aromatic rings. The standard InChI is InChI=1S/C17H18FNO4S/c1-2-19(24(20,21)15-9-7-13(18)8-10-15)11-14-12-22-16-5-3-4-6-17(16)23-14/h3-10,14H,2,11-12H2,1H3/t14-/m0/s1. The molecule has 2 aromatic carbocycles. The summed E-state index contributed by atoms with van der Waals surface area (Å²) < 4.78 is 51.2. The summed E-state index contributed by atoms with van der Waals surface area (Å²) >= 11 is 0. The molecule has 0 bridgehead atoms. The number of nitrogens with zero attached hydrogens (tertiary/aromatic N) is 1. The number of rotatable bonds is 5. The van der Waals surface area contributed by atoms with Gasteiger partial charge in [-0.25, -0.2) is 12.8 Å². The van der Waals surface area contributed by atoms with Gasteiger partial charge < -0.3 is 9.47 Å². The summed E-state index contributed by atoms with van der Waals surface area (Å²) in [4.78, 5) is 0.0582. The SMILES string of the molecule is CCN(C[C@H]1COc2ccccc2O1)S(=O)(=O)c1ccc(F)cc1. The van der Waals surface area contributed by atoms with E-state index in [1.165, 1.54) is 16.4 Å². The van der Waals surface area contributed by atoms with Crippen LogP contribution in [0.15, 0.2) is 53.4 Å². The van der Waals surface area contributed by atoms with Gasteiger partial charge >= 0.3 is 0 Å². The molecule has 1 aliphatic rings. The Balaban J connectivity index is 1.76. The first-order valence-corrected chi connectivity index (χ1v) is 9.09. The van der Waals surface area contributed by atoms with Crippen molar-refractivity contribution in [2.75, 3.05) is 19.7 Å². The Morgan fingerprint density at radius 3 is 2.46 bits per heavy atom. The van der Waals surface area contributed by atoms with Crippen molar-refractivity contribution in [2.45, 2.75) is 17.9 Å².